The summed E-state index contributed by atoms with van der Waals surface area (Å²) >= 11 is 6.47. The number of hydrogen-bond acceptors (Lipinski definition) is 4. The standard InChI is InChI=1S/C10H6Br2FN3O/c11-6-2-1-5(13)3-8(6)17-9-7(12)4-15-10(14)16-9/h1-4H,(H2,14,15,16). The van der Waals surface area contributed by atoms with Crippen LogP contribution in [0.25, 0.3) is 0 Å². The minimum Gasteiger partial charge on any atom is -0.436 e. The Balaban J connectivity index is 2.37. The molecule has 2 N–H and O–H groups in total. The van der Waals surface area contributed by atoms with E-state index in [1.807, 2.05) is 0 Å². The Kier molecular flexibility index (Phi) is 3.58. The van der Waals surface area contributed by atoms with Gasteiger partial charge in [-0.05, 0) is 44.0 Å². The van der Waals surface area contributed by atoms with E-state index < -0.39 is 5.82 Å². The summed E-state index contributed by atoms with van der Waals surface area (Å²) in [4.78, 5) is 7.67. The van der Waals surface area contributed by atoms with Gasteiger partial charge in [0.25, 0.3) is 0 Å². The highest BCUT2D eigenvalue weighted by atomic mass is 79.9. The maximum atomic E-state index is 13.1. The van der Waals surface area contributed by atoms with Gasteiger partial charge in [-0.3, -0.25) is 0 Å². The molecule has 7 heteroatoms. The van der Waals surface area contributed by atoms with Crippen molar-refractivity contribution in [3.63, 3.8) is 0 Å². The molecule has 0 aliphatic rings. The molecule has 2 rings (SSSR count). The lowest BCUT2D eigenvalue weighted by atomic mass is 10.3. The van der Waals surface area contributed by atoms with E-state index in [-0.39, 0.29) is 11.8 Å². The number of benzene rings is 1. The molecule has 0 aliphatic heterocycles. The second kappa shape index (κ2) is 4.97. The van der Waals surface area contributed by atoms with Gasteiger partial charge in [0, 0.05) is 6.07 Å². The van der Waals surface area contributed by atoms with Gasteiger partial charge in [-0.15, -0.1) is 0 Å². The summed E-state index contributed by atoms with van der Waals surface area (Å²) in [6, 6.07) is 4.11. The topological polar surface area (TPSA) is 61.0 Å². The van der Waals surface area contributed by atoms with Crippen molar-refractivity contribution in [2.24, 2.45) is 0 Å². The van der Waals surface area contributed by atoms with Gasteiger partial charge < -0.3 is 10.5 Å². The van der Waals surface area contributed by atoms with E-state index in [2.05, 4.69) is 41.8 Å². The van der Waals surface area contributed by atoms with Gasteiger partial charge in [-0.2, -0.15) is 4.98 Å². The normalized spacial score (nSPS) is 10.3. The first-order chi connectivity index (χ1) is 8.06. The molecule has 0 aliphatic carbocycles. The number of anilines is 1. The van der Waals surface area contributed by atoms with Gasteiger partial charge in [0.2, 0.25) is 11.8 Å². The van der Waals surface area contributed by atoms with Crippen LogP contribution in [-0.2, 0) is 0 Å². The molecule has 1 heterocycles. The number of ether oxygens (including phenoxy) is 1. The number of nitrogen functional groups attached to an aromatic ring is 1. The highest BCUT2D eigenvalue weighted by Gasteiger charge is 2.09. The number of aromatic nitrogens is 2. The third kappa shape index (κ3) is 2.92. The van der Waals surface area contributed by atoms with Crippen LogP contribution in [-0.4, -0.2) is 9.97 Å². The number of rotatable bonds is 2. The van der Waals surface area contributed by atoms with E-state index in [0.29, 0.717) is 14.7 Å². The minimum absolute atomic E-state index is 0.0794. The number of hydrogen-bond donors (Lipinski definition) is 1. The van der Waals surface area contributed by atoms with E-state index in [1.54, 1.807) is 6.07 Å². The molecule has 4 nitrogen and oxygen atoms in total. The van der Waals surface area contributed by atoms with Crippen molar-refractivity contribution < 1.29 is 9.13 Å². The fourth-order valence-corrected chi connectivity index (χ4v) is 1.70. The molecule has 88 valence electrons. The Morgan fingerprint density at radius 3 is 2.76 bits per heavy atom. The van der Waals surface area contributed by atoms with Crippen LogP contribution >= 0.6 is 31.9 Å². The Labute approximate surface area is 113 Å². The van der Waals surface area contributed by atoms with E-state index in [0.717, 1.165) is 0 Å². The Bertz CT molecular complexity index is 516. The van der Waals surface area contributed by atoms with Gasteiger partial charge in [0.15, 0.2) is 0 Å². The maximum absolute atomic E-state index is 13.1. The molecule has 0 spiro atoms. The zero-order valence-electron chi connectivity index (χ0n) is 8.32. The van der Waals surface area contributed by atoms with Crippen LogP contribution in [0.4, 0.5) is 10.3 Å². The predicted octanol–water partition coefficient (Wildman–Crippen LogP) is 3.52. The molecule has 0 radical (unpaired) electrons. The van der Waals surface area contributed by atoms with Gasteiger partial charge >= 0.3 is 0 Å². The Morgan fingerprint density at radius 1 is 1.24 bits per heavy atom. The molecule has 0 saturated heterocycles. The van der Waals surface area contributed by atoms with Crippen LogP contribution < -0.4 is 10.5 Å². The van der Waals surface area contributed by atoms with Crippen molar-refractivity contribution in [2.45, 2.75) is 0 Å². The molecule has 0 atom stereocenters. The van der Waals surface area contributed by atoms with Crippen LogP contribution in [0, 0.1) is 5.82 Å². The van der Waals surface area contributed by atoms with Crippen molar-refractivity contribution in [2.75, 3.05) is 5.73 Å². The lowest BCUT2D eigenvalue weighted by molar-refractivity contribution is 0.451. The van der Waals surface area contributed by atoms with Crippen LogP contribution in [0.1, 0.15) is 0 Å². The molecule has 0 unspecified atom stereocenters. The summed E-state index contributed by atoms with van der Waals surface area (Å²) in [5.74, 6) is 0.213. The first kappa shape index (κ1) is 12.3. The summed E-state index contributed by atoms with van der Waals surface area (Å²) in [6.07, 6.45) is 1.46. The van der Waals surface area contributed by atoms with Crippen LogP contribution in [0.15, 0.2) is 33.3 Å². The molecule has 17 heavy (non-hydrogen) atoms. The molecule has 1 aromatic carbocycles. The van der Waals surface area contributed by atoms with E-state index >= 15 is 0 Å². The van der Waals surface area contributed by atoms with Gasteiger partial charge in [-0.25, -0.2) is 9.37 Å². The van der Waals surface area contributed by atoms with Gasteiger partial charge in [0.1, 0.15) is 11.6 Å². The smallest absolute Gasteiger partial charge is 0.238 e. The van der Waals surface area contributed by atoms with Crippen LogP contribution in [0.5, 0.6) is 11.6 Å². The number of nitrogens with two attached hydrogens (primary N) is 1. The largest absolute Gasteiger partial charge is 0.436 e. The molecule has 2 aromatic rings. The average molecular weight is 363 g/mol. The highest BCUT2D eigenvalue weighted by molar-refractivity contribution is 9.11. The monoisotopic (exact) mass is 361 g/mol. The molecule has 0 fully saturated rings. The summed E-state index contributed by atoms with van der Waals surface area (Å²) in [5.41, 5.74) is 5.44. The predicted molar refractivity (Wildman–Crippen MR) is 68.3 cm³/mol. The third-order valence-corrected chi connectivity index (χ3v) is 3.03. The second-order valence-corrected chi connectivity index (χ2v) is 4.77. The molecule has 0 bridgehead atoms. The zero-order valence-corrected chi connectivity index (χ0v) is 11.5. The Hall–Kier alpha value is -1.21. The van der Waals surface area contributed by atoms with Crippen molar-refractivity contribution in [1.29, 1.82) is 0 Å². The second-order valence-electron chi connectivity index (χ2n) is 3.06. The van der Waals surface area contributed by atoms with Crippen LogP contribution in [0.3, 0.4) is 0 Å². The summed E-state index contributed by atoms with van der Waals surface area (Å²) in [7, 11) is 0. The summed E-state index contributed by atoms with van der Waals surface area (Å²) < 4.78 is 19.6. The lowest BCUT2D eigenvalue weighted by Gasteiger charge is -2.08. The van der Waals surface area contributed by atoms with Crippen molar-refractivity contribution in [3.05, 3.63) is 39.2 Å². The SMILES string of the molecule is Nc1ncc(Br)c(Oc2cc(F)ccc2Br)n1. The number of nitrogens with zero attached hydrogens (tertiary/aromatic N) is 2. The van der Waals surface area contributed by atoms with Gasteiger partial charge in [0.05, 0.1) is 15.1 Å². The molecule has 0 saturated carbocycles. The fourth-order valence-electron chi connectivity index (χ4n) is 1.10. The van der Waals surface area contributed by atoms with Crippen LogP contribution in [0.2, 0.25) is 0 Å². The zero-order chi connectivity index (χ0) is 12.4. The molecular weight excluding hydrogens is 357 g/mol. The molecular formula is C10H6Br2FN3O. The molecule has 1 aromatic heterocycles. The quantitative estimate of drug-likeness (QED) is 0.887. The van der Waals surface area contributed by atoms with E-state index in [1.165, 1.54) is 18.3 Å². The van der Waals surface area contributed by atoms with Crippen molar-refractivity contribution >= 4 is 37.8 Å². The van der Waals surface area contributed by atoms with Crippen molar-refractivity contribution in [1.82, 2.24) is 9.97 Å². The first-order valence-corrected chi connectivity index (χ1v) is 6.06. The number of halogens is 3. The minimum atomic E-state index is -0.402. The average Bonchev–Trinajstić information content (AvgIpc) is 2.28. The molecule has 0 amide bonds. The fraction of sp³-hybridized carbons (Fsp3) is 0. The highest BCUT2D eigenvalue weighted by Crippen LogP contribution is 2.32. The summed E-state index contributed by atoms with van der Waals surface area (Å²) in [5, 5.41) is 0. The third-order valence-electron chi connectivity index (χ3n) is 1.83. The Morgan fingerprint density at radius 2 is 2.00 bits per heavy atom. The summed E-state index contributed by atoms with van der Waals surface area (Å²) in [6.45, 7) is 0. The first-order valence-electron chi connectivity index (χ1n) is 4.47. The van der Waals surface area contributed by atoms with Crippen molar-refractivity contribution in [3.8, 4) is 11.6 Å². The maximum Gasteiger partial charge on any atom is 0.238 e. The van der Waals surface area contributed by atoms with E-state index in [9.17, 15) is 4.39 Å². The lowest BCUT2D eigenvalue weighted by Crippen LogP contribution is -1.98. The van der Waals surface area contributed by atoms with E-state index in [4.69, 9.17) is 10.5 Å². The van der Waals surface area contributed by atoms with Gasteiger partial charge in [-0.1, -0.05) is 0 Å².